The normalized spacial score (nSPS) is 12.8. The average molecular weight is 491 g/mol. The summed E-state index contributed by atoms with van der Waals surface area (Å²) in [6, 6.07) is 20.7. The molecule has 2 heteroatoms. The Kier molecular flexibility index (Phi) is 6.42. The van der Waals surface area contributed by atoms with Crippen molar-refractivity contribution in [2.45, 2.75) is 86.5 Å². The Morgan fingerprint density at radius 2 is 1.35 bits per heavy atom. The quantitative estimate of drug-likeness (QED) is 0.224. The van der Waals surface area contributed by atoms with Gasteiger partial charge in [0.2, 0.25) is 0 Å². The molecule has 0 spiro atoms. The Bertz CT molecular complexity index is 1580. The third kappa shape index (κ3) is 4.56. The summed E-state index contributed by atoms with van der Waals surface area (Å²) in [5, 5.41) is 3.80. The lowest BCUT2D eigenvalue weighted by atomic mass is 9.83. The van der Waals surface area contributed by atoms with Gasteiger partial charge in [-0.05, 0) is 69.4 Å². The third-order valence-electron chi connectivity index (χ3n) is 7.64. The van der Waals surface area contributed by atoms with Gasteiger partial charge in [-0.2, -0.15) is 0 Å². The van der Waals surface area contributed by atoms with E-state index in [4.69, 9.17) is 4.98 Å². The highest BCUT2D eigenvalue weighted by Gasteiger charge is 2.23. The zero-order chi connectivity index (χ0) is 26.6. The molecule has 2 nitrogen and oxygen atoms in total. The number of imidazole rings is 1. The van der Waals surface area contributed by atoms with Gasteiger partial charge in [-0.25, -0.2) is 4.98 Å². The Labute approximate surface area is 222 Å². The first-order chi connectivity index (χ1) is 17.5. The summed E-state index contributed by atoms with van der Waals surface area (Å²) in [5.41, 5.74) is 10.7. The van der Waals surface area contributed by atoms with Gasteiger partial charge in [0.05, 0.1) is 17.4 Å². The molecule has 37 heavy (non-hydrogen) atoms. The van der Waals surface area contributed by atoms with E-state index < -0.39 is 0 Å². The Hall–Kier alpha value is -3.13. The Morgan fingerprint density at radius 3 is 1.92 bits per heavy atom. The molecular weight excluding hydrogens is 448 g/mol. The van der Waals surface area contributed by atoms with Crippen molar-refractivity contribution >= 4 is 27.3 Å². The smallest absolute Gasteiger partial charge is 0.145 e. The summed E-state index contributed by atoms with van der Waals surface area (Å²) in [4.78, 5) is 5.08. The summed E-state index contributed by atoms with van der Waals surface area (Å²) in [6.07, 6.45) is 3.17. The van der Waals surface area contributed by atoms with Crippen LogP contribution in [0.3, 0.4) is 0 Å². The number of nitrogens with zero attached hydrogens (tertiary/aromatic N) is 2. The molecule has 0 bridgehead atoms. The van der Waals surface area contributed by atoms with Gasteiger partial charge in [-0.15, -0.1) is 0 Å². The SMILES string of the molecule is CC(C)c1cc(C(C)C)c(-c2cnc3c4ccccc4c4cc(CC(C)(C)C)ccc4n23)c(C(C)C)c1. The monoisotopic (exact) mass is 490 g/mol. The minimum atomic E-state index is 0.240. The summed E-state index contributed by atoms with van der Waals surface area (Å²) in [6.45, 7) is 20.8. The highest BCUT2D eigenvalue weighted by molar-refractivity contribution is 6.12. The molecule has 5 rings (SSSR count). The number of hydrogen-bond acceptors (Lipinski definition) is 1. The fraction of sp³-hybridized carbons (Fsp3) is 0.400. The van der Waals surface area contributed by atoms with Gasteiger partial charge in [-0.3, -0.25) is 4.40 Å². The van der Waals surface area contributed by atoms with Crippen molar-refractivity contribution in [1.82, 2.24) is 9.38 Å². The van der Waals surface area contributed by atoms with Crippen LogP contribution in [-0.2, 0) is 6.42 Å². The molecule has 3 aromatic carbocycles. The second-order valence-corrected chi connectivity index (χ2v) is 13.0. The van der Waals surface area contributed by atoms with Crippen molar-refractivity contribution in [2.24, 2.45) is 5.41 Å². The number of hydrogen-bond donors (Lipinski definition) is 0. The van der Waals surface area contributed by atoms with Crippen molar-refractivity contribution in [3.8, 4) is 11.3 Å². The van der Waals surface area contributed by atoms with Crippen molar-refractivity contribution in [2.75, 3.05) is 0 Å². The second-order valence-electron chi connectivity index (χ2n) is 13.0. The van der Waals surface area contributed by atoms with E-state index in [0.717, 1.165) is 12.1 Å². The highest BCUT2D eigenvalue weighted by Crippen LogP contribution is 2.41. The molecule has 0 N–H and O–H groups in total. The minimum absolute atomic E-state index is 0.240. The van der Waals surface area contributed by atoms with Gasteiger partial charge in [0.1, 0.15) is 5.65 Å². The van der Waals surface area contributed by atoms with Crippen molar-refractivity contribution < 1.29 is 0 Å². The average Bonchev–Trinajstić information content (AvgIpc) is 3.27. The zero-order valence-electron chi connectivity index (χ0n) is 24.1. The van der Waals surface area contributed by atoms with Crippen LogP contribution in [0.1, 0.15) is 102 Å². The molecule has 0 aliphatic carbocycles. The molecular formula is C35H42N2. The molecule has 0 saturated heterocycles. The summed E-state index contributed by atoms with van der Waals surface area (Å²) >= 11 is 0. The van der Waals surface area contributed by atoms with Gasteiger partial charge >= 0.3 is 0 Å². The predicted molar refractivity (Wildman–Crippen MR) is 161 cm³/mol. The zero-order valence-corrected chi connectivity index (χ0v) is 24.1. The first-order valence-corrected chi connectivity index (χ1v) is 13.9. The van der Waals surface area contributed by atoms with Crippen LogP contribution in [0.25, 0.3) is 38.6 Å². The fourth-order valence-corrected chi connectivity index (χ4v) is 5.84. The van der Waals surface area contributed by atoms with Crippen LogP contribution in [-0.4, -0.2) is 9.38 Å². The van der Waals surface area contributed by atoms with E-state index in [-0.39, 0.29) is 5.41 Å². The maximum atomic E-state index is 5.08. The summed E-state index contributed by atoms with van der Waals surface area (Å²) in [7, 11) is 0. The number of pyridine rings is 1. The largest absolute Gasteiger partial charge is 0.292 e. The topological polar surface area (TPSA) is 17.3 Å². The molecule has 0 atom stereocenters. The number of fused-ring (bicyclic) bond motifs is 6. The van der Waals surface area contributed by atoms with Crippen molar-refractivity contribution in [1.29, 1.82) is 0 Å². The third-order valence-corrected chi connectivity index (χ3v) is 7.64. The molecule has 5 aromatic rings. The first kappa shape index (κ1) is 25.5. The maximum Gasteiger partial charge on any atom is 0.145 e. The second kappa shape index (κ2) is 9.31. The van der Waals surface area contributed by atoms with Crippen LogP contribution in [0, 0.1) is 5.41 Å². The van der Waals surface area contributed by atoms with E-state index in [2.05, 4.69) is 128 Å². The van der Waals surface area contributed by atoms with Crippen LogP contribution >= 0.6 is 0 Å². The van der Waals surface area contributed by atoms with Crippen molar-refractivity contribution in [3.63, 3.8) is 0 Å². The fourth-order valence-electron chi connectivity index (χ4n) is 5.84. The number of benzene rings is 3. The van der Waals surface area contributed by atoms with Gasteiger partial charge in [0.15, 0.2) is 0 Å². The van der Waals surface area contributed by atoms with Gasteiger partial charge < -0.3 is 0 Å². The predicted octanol–water partition coefficient (Wildman–Crippen LogP) is 10.3. The van der Waals surface area contributed by atoms with E-state index in [1.165, 1.54) is 55.2 Å². The molecule has 0 aliphatic heterocycles. The molecule has 0 aliphatic rings. The minimum Gasteiger partial charge on any atom is -0.292 e. The first-order valence-electron chi connectivity index (χ1n) is 13.9. The molecule has 192 valence electrons. The van der Waals surface area contributed by atoms with E-state index >= 15 is 0 Å². The van der Waals surface area contributed by atoms with Gasteiger partial charge in [-0.1, -0.05) is 105 Å². The maximum absolute atomic E-state index is 5.08. The van der Waals surface area contributed by atoms with Crippen LogP contribution in [0.5, 0.6) is 0 Å². The van der Waals surface area contributed by atoms with Gasteiger partial charge in [0.25, 0.3) is 0 Å². The summed E-state index contributed by atoms with van der Waals surface area (Å²) < 4.78 is 2.43. The van der Waals surface area contributed by atoms with Crippen LogP contribution in [0.15, 0.2) is 60.8 Å². The Morgan fingerprint density at radius 1 is 0.730 bits per heavy atom. The number of rotatable bonds is 5. The van der Waals surface area contributed by atoms with E-state index in [1.54, 1.807) is 0 Å². The Balaban J connectivity index is 1.92. The van der Waals surface area contributed by atoms with E-state index in [9.17, 15) is 0 Å². The lowest BCUT2D eigenvalue weighted by Gasteiger charge is -2.23. The van der Waals surface area contributed by atoms with E-state index in [1.807, 2.05) is 0 Å². The molecule has 0 saturated carbocycles. The van der Waals surface area contributed by atoms with Gasteiger partial charge in [0, 0.05) is 16.3 Å². The highest BCUT2D eigenvalue weighted by atomic mass is 15.0. The molecule has 0 fully saturated rings. The molecule has 2 aromatic heterocycles. The lowest BCUT2D eigenvalue weighted by Crippen LogP contribution is -2.09. The summed E-state index contributed by atoms with van der Waals surface area (Å²) in [5.74, 6) is 1.33. The van der Waals surface area contributed by atoms with Crippen molar-refractivity contribution in [3.05, 3.63) is 83.0 Å². The molecule has 2 heterocycles. The van der Waals surface area contributed by atoms with Crippen LogP contribution in [0.2, 0.25) is 0 Å². The van der Waals surface area contributed by atoms with Crippen LogP contribution in [0.4, 0.5) is 0 Å². The lowest BCUT2D eigenvalue weighted by molar-refractivity contribution is 0.411. The molecule has 0 amide bonds. The van der Waals surface area contributed by atoms with E-state index in [0.29, 0.717) is 17.8 Å². The molecule has 0 radical (unpaired) electrons. The molecule has 0 unspecified atom stereocenters. The van der Waals surface area contributed by atoms with Crippen LogP contribution < -0.4 is 0 Å². The standard InChI is InChI=1S/C35H42N2/c1-21(2)25-17-28(22(3)4)33(29(18-25)23(5)6)32-20-36-34-27-13-11-10-12-26(27)30-16-24(19-35(7,8)9)14-15-31(30)37(32)34/h10-18,20-23H,19H2,1-9H3. The number of aromatic nitrogens is 2.